The van der Waals surface area contributed by atoms with E-state index in [1.807, 2.05) is 6.07 Å². The fraction of sp³-hybridized carbons (Fsp3) is 0.333. The van der Waals surface area contributed by atoms with Gasteiger partial charge in [-0.2, -0.15) is 5.26 Å². The van der Waals surface area contributed by atoms with Crippen molar-refractivity contribution in [3.63, 3.8) is 0 Å². The number of nitrogen functional groups attached to an aromatic ring is 1. The van der Waals surface area contributed by atoms with Crippen molar-refractivity contribution in [2.45, 2.75) is 19.8 Å². The highest BCUT2D eigenvalue weighted by molar-refractivity contribution is 5.47. The van der Waals surface area contributed by atoms with Gasteiger partial charge in [0.2, 0.25) is 0 Å². The zero-order valence-electron chi connectivity index (χ0n) is 7.59. The molecule has 0 spiro atoms. The first kappa shape index (κ1) is 10.4. The number of pyridine rings is 1. The monoisotopic (exact) mass is 197 g/mol. The molecule has 0 atom stereocenters. The molecule has 0 saturated heterocycles. The minimum atomic E-state index is -2.69. The van der Waals surface area contributed by atoms with Crippen LogP contribution in [0.15, 0.2) is 6.07 Å². The standard InChI is InChI=1S/C9H9F2N3/c1-5-4-6(2-3-12)7(8(10)11)9(13)14-5/h4,8H,2H2,1H3,(H2,13,14). The molecule has 0 aliphatic carbocycles. The molecule has 1 heterocycles. The van der Waals surface area contributed by atoms with E-state index in [1.165, 1.54) is 6.07 Å². The summed E-state index contributed by atoms with van der Waals surface area (Å²) in [4.78, 5) is 3.73. The number of aryl methyl sites for hydroxylation is 1. The van der Waals surface area contributed by atoms with Crippen molar-refractivity contribution in [1.29, 1.82) is 5.26 Å². The van der Waals surface area contributed by atoms with Gasteiger partial charge in [0.05, 0.1) is 18.1 Å². The van der Waals surface area contributed by atoms with Crippen LogP contribution in [0.1, 0.15) is 23.2 Å². The van der Waals surface area contributed by atoms with Gasteiger partial charge in [-0.1, -0.05) is 0 Å². The van der Waals surface area contributed by atoms with Crippen molar-refractivity contribution in [3.8, 4) is 6.07 Å². The molecule has 0 aliphatic heterocycles. The van der Waals surface area contributed by atoms with Crippen LogP contribution in [0.25, 0.3) is 0 Å². The highest BCUT2D eigenvalue weighted by Crippen LogP contribution is 2.28. The number of halogens is 2. The molecule has 0 amide bonds. The number of rotatable bonds is 2. The molecule has 3 nitrogen and oxygen atoms in total. The average molecular weight is 197 g/mol. The summed E-state index contributed by atoms with van der Waals surface area (Å²) in [6.45, 7) is 1.65. The molecule has 1 rings (SSSR count). The predicted molar refractivity (Wildman–Crippen MR) is 47.7 cm³/mol. The van der Waals surface area contributed by atoms with Crippen molar-refractivity contribution in [2.24, 2.45) is 0 Å². The topological polar surface area (TPSA) is 62.7 Å². The summed E-state index contributed by atoms with van der Waals surface area (Å²) < 4.78 is 25.0. The molecule has 74 valence electrons. The van der Waals surface area contributed by atoms with Crippen LogP contribution in [-0.4, -0.2) is 4.98 Å². The molecule has 0 aliphatic rings. The third-order valence-electron chi connectivity index (χ3n) is 1.79. The maximum Gasteiger partial charge on any atom is 0.267 e. The van der Waals surface area contributed by atoms with Gasteiger partial charge in [-0.15, -0.1) is 0 Å². The summed E-state index contributed by atoms with van der Waals surface area (Å²) >= 11 is 0. The third kappa shape index (κ3) is 1.96. The van der Waals surface area contributed by atoms with E-state index < -0.39 is 6.43 Å². The molecule has 0 radical (unpaired) electrons. The normalized spacial score (nSPS) is 10.2. The van der Waals surface area contributed by atoms with E-state index in [2.05, 4.69) is 4.98 Å². The van der Waals surface area contributed by atoms with Crippen LogP contribution in [-0.2, 0) is 6.42 Å². The van der Waals surface area contributed by atoms with Gasteiger partial charge in [0.1, 0.15) is 5.82 Å². The summed E-state index contributed by atoms with van der Waals surface area (Å²) in [7, 11) is 0. The van der Waals surface area contributed by atoms with Gasteiger partial charge in [-0.05, 0) is 18.6 Å². The molecule has 0 fully saturated rings. The van der Waals surface area contributed by atoms with E-state index >= 15 is 0 Å². The minimum absolute atomic E-state index is 0.0762. The molecule has 1 aromatic rings. The number of anilines is 1. The van der Waals surface area contributed by atoms with E-state index in [0.717, 1.165) is 0 Å². The number of aromatic nitrogens is 1. The molecule has 2 N–H and O–H groups in total. The van der Waals surface area contributed by atoms with Crippen molar-refractivity contribution >= 4 is 5.82 Å². The molecule has 0 aromatic carbocycles. The fourth-order valence-electron chi connectivity index (χ4n) is 1.26. The second-order valence-corrected chi connectivity index (χ2v) is 2.86. The highest BCUT2D eigenvalue weighted by Gasteiger charge is 2.17. The Balaban J connectivity index is 3.30. The number of nitrogens with zero attached hydrogens (tertiary/aromatic N) is 2. The third-order valence-corrected chi connectivity index (χ3v) is 1.79. The Morgan fingerprint density at radius 3 is 2.79 bits per heavy atom. The molecule has 14 heavy (non-hydrogen) atoms. The molecule has 0 unspecified atom stereocenters. The first-order chi connectivity index (χ1) is 6.56. The Morgan fingerprint density at radius 2 is 2.29 bits per heavy atom. The van der Waals surface area contributed by atoms with Crippen LogP contribution in [0.2, 0.25) is 0 Å². The van der Waals surface area contributed by atoms with E-state index in [9.17, 15) is 8.78 Å². The number of nitrogens with two attached hydrogens (primary N) is 1. The summed E-state index contributed by atoms with van der Waals surface area (Å²) in [6, 6.07) is 3.28. The van der Waals surface area contributed by atoms with Gasteiger partial charge < -0.3 is 5.73 Å². The number of nitriles is 1. The van der Waals surface area contributed by atoms with Gasteiger partial charge in [-0.25, -0.2) is 13.8 Å². The largest absolute Gasteiger partial charge is 0.383 e. The Bertz CT molecular complexity index is 382. The lowest BCUT2D eigenvalue weighted by Gasteiger charge is -2.09. The van der Waals surface area contributed by atoms with Crippen molar-refractivity contribution in [1.82, 2.24) is 4.98 Å². The molecule has 5 heteroatoms. The SMILES string of the molecule is Cc1cc(CC#N)c(C(F)F)c(N)n1. The zero-order chi connectivity index (χ0) is 10.7. The lowest BCUT2D eigenvalue weighted by atomic mass is 10.1. The number of hydrogen-bond donors (Lipinski definition) is 1. The Labute approximate surface area is 80.2 Å². The fourth-order valence-corrected chi connectivity index (χ4v) is 1.26. The molecule has 0 bridgehead atoms. The van der Waals surface area contributed by atoms with Crippen molar-refractivity contribution in [2.75, 3.05) is 5.73 Å². The maximum absolute atomic E-state index is 12.5. The van der Waals surface area contributed by atoms with Crippen LogP contribution in [0.3, 0.4) is 0 Å². The van der Waals surface area contributed by atoms with Crippen LogP contribution in [0.5, 0.6) is 0 Å². The summed E-state index contributed by atoms with van der Waals surface area (Å²) in [5.41, 5.74) is 5.83. The quantitative estimate of drug-likeness (QED) is 0.788. The second-order valence-electron chi connectivity index (χ2n) is 2.86. The molecule has 0 saturated carbocycles. The van der Waals surface area contributed by atoms with E-state index in [0.29, 0.717) is 5.69 Å². The average Bonchev–Trinajstić information content (AvgIpc) is 2.01. The smallest absolute Gasteiger partial charge is 0.267 e. The Morgan fingerprint density at radius 1 is 1.64 bits per heavy atom. The lowest BCUT2D eigenvalue weighted by Crippen LogP contribution is -2.04. The number of alkyl halides is 2. The molecular formula is C9H9F2N3. The van der Waals surface area contributed by atoms with E-state index in [-0.39, 0.29) is 23.4 Å². The minimum Gasteiger partial charge on any atom is -0.383 e. The van der Waals surface area contributed by atoms with Crippen LogP contribution >= 0.6 is 0 Å². The van der Waals surface area contributed by atoms with E-state index in [1.54, 1.807) is 6.92 Å². The van der Waals surface area contributed by atoms with Gasteiger partial charge in [0.15, 0.2) is 0 Å². The summed E-state index contributed by atoms with van der Waals surface area (Å²) in [6.07, 6.45) is -2.76. The van der Waals surface area contributed by atoms with Gasteiger partial charge in [0, 0.05) is 5.69 Å². The predicted octanol–water partition coefficient (Wildman–Crippen LogP) is 1.98. The van der Waals surface area contributed by atoms with Gasteiger partial charge in [0.25, 0.3) is 6.43 Å². The zero-order valence-corrected chi connectivity index (χ0v) is 7.59. The Kier molecular flexibility index (Phi) is 2.97. The Hall–Kier alpha value is -1.70. The van der Waals surface area contributed by atoms with Gasteiger partial charge >= 0.3 is 0 Å². The van der Waals surface area contributed by atoms with Crippen molar-refractivity contribution < 1.29 is 8.78 Å². The molecular weight excluding hydrogens is 188 g/mol. The number of hydrogen-bond acceptors (Lipinski definition) is 3. The lowest BCUT2D eigenvalue weighted by molar-refractivity contribution is 0.151. The summed E-state index contributed by atoms with van der Waals surface area (Å²) in [5, 5.41) is 8.45. The summed E-state index contributed by atoms with van der Waals surface area (Å²) in [5.74, 6) is -0.190. The molecule has 1 aromatic heterocycles. The van der Waals surface area contributed by atoms with E-state index in [4.69, 9.17) is 11.0 Å². The van der Waals surface area contributed by atoms with Gasteiger partial charge in [-0.3, -0.25) is 0 Å². The van der Waals surface area contributed by atoms with Crippen LogP contribution in [0, 0.1) is 18.3 Å². The van der Waals surface area contributed by atoms with Crippen LogP contribution in [0.4, 0.5) is 14.6 Å². The van der Waals surface area contributed by atoms with Crippen molar-refractivity contribution in [3.05, 3.63) is 22.9 Å². The maximum atomic E-state index is 12.5. The highest BCUT2D eigenvalue weighted by atomic mass is 19.3. The first-order valence-corrected chi connectivity index (χ1v) is 3.97. The second kappa shape index (κ2) is 4.01. The first-order valence-electron chi connectivity index (χ1n) is 3.97. The van der Waals surface area contributed by atoms with Crippen LogP contribution < -0.4 is 5.73 Å².